The largest absolute Gasteiger partial charge is 0.497 e. The van der Waals surface area contributed by atoms with E-state index in [-0.39, 0.29) is 11.1 Å². The fourth-order valence-corrected chi connectivity index (χ4v) is 2.86. The molecular formula is C20H12F6N2O3. The highest BCUT2D eigenvalue weighted by atomic mass is 19.4. The highest BCUT2D eigenvalue weighted by molar-refractivity contribution is 6.18. The number of ether oxygens (including phenoxy) is 1. The van der Waals surface area contributed by atoms with E-state index in [0.29, 0.717) is 11.8 Å². The minimum Gasteiger partial charge on any atom is -0.497 e. The number of carbonyl (C=O) groups excluding carboxylic acids is 2. The van der Waals surface area contributed by atoms with Crippen molar-refractivity contribution in [3.05, 3.63) is 59.8 Å². The molecule has 0 unspecified atom stereocenters. The van der Waals surface area contributed by atoms with Gasteiger partial charge in [0.1, 0.15) is 5.75 Å². The number of hydrogen-bond donors (Lipinski definition) is 1. The number of ketones is 2. The summed E-state index contributed by atoms with van der Waals surface area (Å²) in [6.07, 6.45) is -9.66. The van der Waals surface area contributed by atoms with Crippen LogP contribution >= 0.6 is 0 Å². The normalized spacial score (nSPS) is 12.0. The lowest BCUT2D eigenvalue weighted by atomic mass is 9.96. The number of alkyl halides is 6. The number of fused-ring (bicyclic) bond motifs is 1. The average Bonchev–Trinajstić information content (AvgIpc) is 2.72. The number of carbonyl (C=O) groups is 2. The molecule has 0 bridgehead atoms. The maximum atomic E-state index is 13.2. The van der Waals surface area contributed by atoms with Gasteiger partial charge in [0, 0.05) is 22.8 Å². The number of methoxy groups -OCH3 is 1. The van der Waals surface area contributed by atoms with Crippen molar-refractivity contribution in [1.82, 2.24) is 4.98 Å². The summed E-state index contributed by atoms with van der Waals surface area (Å²) in [6, 6.07) is 8.41. The van der Waals surface area contributed by atoms with Gasteiger partial charge in [0.15, 0.2) is 0 Å². The van der Waals surface area contributed by atoms with Gasteiger partial charge in [0.25, 0.3) is 11.6 Å². The van der Waals surface area contributed by atoms with Gasteiger partial charge in [-0.25, -0.2) is 0 Å². The standard InChI is InChI=1S/C20H12F6N2O3/c1-31-11-6-4-10(5-7-11)28-16-14(18(30)20(24,25)26)9-13(17(29)19(21,22)23)12-3-2-8-27-15(12)16/h2-9,28H,1H3. The van der Waals surface area contributed by atoms with E-state index in [4.69, 9.17) is 4.74 Å². The van der Waals surface area contributed by atoms with E-state index in [9.17, 15) is 35.9 Å². The molecule has 2 aromatic carbocycles. The number of hydrogen-bond acceptors (Lipinski definition) is 5. The lowest BCUT2D eigenvalue weighted by molar-refractivity contribution is -0.0886. The Morgan fingerprint density at radius 1 is 0.903 bits per heavy atom. The molecule has 0 aliphatic rings. The SMILES string of the molecule is COc1ccc(Nc2c(C(=O)C(F)(F)F)cc(C(=O)C(F)(F)F)c3cccnc23)cc1. The smallest absolute Gasteiger partial charge is 0.454 e. The third kappa shape index (κ3) is 4.44. The number of pyridine rings is 1. The van der Waals surface area contributed by atoms with Gasteiger partial charge in [-0.15, -0.1) is 0 Å². The fourth-order valence-electron chi connectivity index (χ4n) is 2.86. The van der Waals surface area contributed by atoms with Gasteiger partial charge in [-0.1, -0.05) is 6.07 Å². The summed E-state index contributed by atoms with van der Waals surface area (Å²) in [6.45, 7) is 0. The Bertz CT molecular complexity index is 1150. The van der Waals surface area contributed by atoms with E-state index in [0.717, 1.165) is 12.3 Å². The summed E-state index contributed by atoms with van der Waals surface area (Å²) in [7, 11) is 1.40. The molecular weight excluding hydrogens is 430 g/mol. The molecule has 11 heteroatoms. The van der Waals surface area contributed by atoms with Crippen LogP contribution in [0.4, 0.5) is 37.7 Å². The van der Waals surface area contributed by atoms with Crippen LogP contribution in [-0.4, -0.2) is 36.0 Å². The Morgan fingerprint density at radius 2 is 1.48 bits per heavy atom. The zero-order valence-electron chi connectivity index (χ0n) is 15.6. The molecule has 1 heterocycles. The number of anilines is 2. The van der Waals surface area contributed by atoms with Gasteiger partial charge in [0.2, 0.25) is 0 Å². The Kier molecular flexibility index (Phi) is 5.62. The van der Waals surface area contributed by atoms with Crippen molar-refractivity contribution < 1.29 is 40.7 Å². The van der Waals surface area contributed by atoms with Crippen molar-refractivity contribution in [3.63, 3.8) is 0 Å². The number of rotatable bonds is 5. The van der Waals surface area contributed by atoms with Gasteiger partial charge in [-0.2, -0.15) is 26.3 Å². The molecule has 5 nitrogen and oxygen atoms in total. The lowest BCUT2D eigenvalue weighted by Crippen LogP contribution is -2.26. The highest BCUT2D eigenvalue weighted by Crippen LogP contribution is 2.37. The van der Waals surface area contributed by atoms with Crippen LogP contribution in [0.2, 0.25) is 0 Å². The summed E-state index contributed by atoms with van der Waals surface area (Å²) in [5.74, 6) is -4.38. The Morgan fingerprint density at radius 3 is 2.03 bits per heavy atom. The van der Waals surface area contributed by atoms with E-state index < -0.39 is 46.3 Å². The first kappa shape index (κ1) is 22.1. The van der Waals surface area contributed by atoms with Crippen molar-refractivity contribution >= 4 is 33.8 Å². The third-order valence-corrected chi connectivity index (χ3v) is 4.26. The van der Waals surface area contributed by atoms with Crippen molar-refractivity contribution in [3.8, 4) is 5.75 Å². The molecule has 1 N–H and O–H groups in total. The molecule has 162 valence electrons. The Hall–Kier alpha value is -3.63. The van der Waals surface area contributed by atoms with Crippen LogP contribution in [0, 0.1) is 0 Å². The Balaban J connectivity index is 2.30. The number of Topliss-reactive ketones (excluding diaryl/α,β-unsaturated/α-hetero) is 2. The van der Waals surface area contributed by atoms with Gasteiger partial charge < -0.3 is 10.1 Å². The van der Waals surface area contributed by atoms with Crippen LogP contribution in [0.3, 0.4) is 0 Å². The molecule has 0 saturated carbocycles. The van der Waals surface area contributed by atoms with Crippen LogP contribution < -0.4 is 10.1 Å². The minimum atomic E-state index is -5.41. The average molecular weight is 442 g/mol. The van der Waals surface area contributed by atoms with E-state index in [1.54, 1.807) is 0 Å². The van der Waals surface area contributed by atoms with Crippen molar-refractivity contribution in [2.24, 2.45) is 0 Å². The van der Waals surface area contributed by atoms with Crippen LogP contribution in [0.25, 0.3) is 10.9 Å². The maximum absolute atomic E-state index is 13.2. The molecule has 0 atom stereocenters. The van der Waals surface area contributed by atoms with Crippen LogP contribution in [-0.2, 0) is 0 Å². The molecule has 1 aromatic heterocycles. The molecule has 0 spiro atoms. The summed E-state index contributed by atoms with van der Waals surface area (Å²) in [5.41, 5.74) is -2.95. The van der Waals surface area contributed by atoms with E-state index in [2.05, 4.69) is 10.3 Å². The first-order valence-electron chi connectivity index (χ1n) is 8.49. The van der Waals surface area contributed by atoms with Gasteiger partial charge in [-0.05, 0) is 36.4 Å². The molecule has 0 saturated heterocycles. The Labute approximate surface area is 170 Å². The van der Waals surface area contributed by atoms with E-state index in [1.807, 2.05) is 0 Å². The zero-order valence-corrected chi connectivity index (χ0v) is 15.6. The second-order valence-electron chi connectivity index (χ2n) is 6.25. The van der Waals surface area contributed by atoms with Gasteiger partial charge >= 0.3 is 12.4 Å². The van der Waals surface area contributed by atoms with Gasteiger partial charge in [-0.3, -0.25) is 14.6 Å². The third-order valence-electron chi connectivity index (χ3n) is 4.26. The lowest BCUT2D eigenvalue weighted by Gasteiger charge is -2.18. The molecule has 31 heavy (non-hydrogen) atoms. The molecule has 0 aliphatic heterocycles. The first-order valence-corrected chi connectivity index (χ1v) is 8.49. The van der Waals surface area contributed by atoms with E-state index in [1.165, 1.54) is 37.4 Å². The number of nitrogens with zero attached hydrogens (tertiary/aromatic N) is 1. The predicted octanol–water partition coefficient (Wildman–Crippen LogP) is 5.48. The molecule has 3 rings (SSSR count). The highest BCUT2D eigenvalue weighted by Gasteiger charge is 2.44. The summed E-state index contributed by atoms with van der Waals surface area (Å²) in [4.78, 5) is 27.7. The van der Waals surface area contributed by atoms with Crippen LogP contribution in [0.15, 0.2) is 48.7 Å². The van der Waals surface area contributed by atoms with Crippen molar-refractivity contribution in [2.75, 3.05) is 12.4 Å². The van der Waals surface area contributed by atoms with Crippen molar-refractivity contribution in [1.29, 1.82) is 0 Å². The molecule has 0 amide bonds. The molecule has 0 radical (unpaired) electrons. The zero-order chi connectivity index (χ0) is 23.0. The monoisotopic (exact) mass is 442 g/mol. The number of halogens is 6. The minimum absolute atomic E-state index is 0.207. The number of benzene rings is 2. The molecule has 0 aliphatic carbocycles. The second kappa shape index (κ2) is 7.89. The molecule has 0 fully saturated rings. The quantitative estimate of drug-likeness (QED) is 0.419. The summed E-state index contributed by atoms with van der Waals surface area (Å²) < 4.78 is 83.7. The van der Waals surface area contributed by atoms with E-state index >= 15 is 0 Å². The first-order chi connectivity index (χ1) is 14.4. The number of aromatic nitrogens is 1. The maximum Gasteiger partial charge on any atom is 0.454 e. The van der Waals surface area contributed by atoms with Crippen molar-refractivity contribution in [2.45, 2.75) is 12.4 Å². The summed E-state index contributed by atoms with van der Waals surface area (Å²) >= 11 is 0. The van der Waals surface area contributed by atoms with Crippen LogP contribution in [0.5, 0.6) is 5.75 Å². The van der Waals surface area contributed by atoms with Gasteiger partial charge in [0.05, 0.1) is 23.9 Å². The van der Waals surface area contributed by atoms with Crippen LogP contribution in [0.1, 0.15) is 20.7 Å². The second-order valence-corrected chi connectivity index (χ2v) is 6.25. The molecule has 3 aromatic rings. The predicted molar refractivity (Wildman–Crippen MR) is 98.8 cm³/mol. The number of nitrogens with one attached hydrogen (secondary N) is 1. The summed E-state index contributed by atoms with van der Waals surface area (Å²) in [5, 5.41) is 2.23. The fraction of sp³-hybridized carbons (Fsp3) is 0.150. The topological polar surface area (TPSA) is 68.3 Å².